The summed E-state index contributed by atoms with van der Waals surface area (Å²) in [4.78, 5) is 10.2. The van der Waals surface area contributed by atoms with Crippen LogP contribution >= 0.6 is 0 Å². The molecular formula is C9H13N5O. The zero-order valence-electron chi connectivity index (χ0n) is 8.30. The first-order chi connectivity index (χ1) is 7.33. The Morgan fingerprint density at radius 3 is 2.87 bits per heavy atom. The zero-order valence-corrected chi connectivity index (χ0v) is 8.30. The van der Waals surface area contributed by atoms with Gasteiger partial charge in [-0.1, -0.05) is 5.16 Å². The highest BCUT2D eigenvalue weighted by Crippen LogP contribution is 2.20. The predicted molar refractivity (Wildman–Crippen MR) is 56.0 cm³/mol. The van der Waals surface area contributed by atoms with Gasteiger partial charge in [0.1, 0.15) is 12.1 Å². The second-order valence-corrected chi connectivity index (χ2v) is 3.44. The van der Waals surface area contributed by atoms with Gasteiger partial charge in [0.15, 0.2) is 5.84 Å². The molecular weight excluding hydrogens is 194 g/mol. The minimum Gasteiger partial charge on any atom is -0.409 e. The lowest BCUT2D eigenvalue weighted by atomic mass is 10.2. The average Bonchev–Trinajstić information content (AvgIpc) is 2.81. The van der Waals surface area contributed by atoms with Crippen LogP contribution in [-0.4, -0.2) is 34.1 Å². The highest BCUT2D eigenvalue weighted by atomic mass is 16.4. The van der Waals surface area contributed by atoms with Crippen molar-refractivity contribution < 1.29 is 5.21 Å². The van der Waals surface area contributed by atoms with Gasteiger partial charge in [-0.3, -0.25) is 0 Å². The quantitative estimate of drug-likeness (QED) is 0.312. The number of aromatic nitrogens is 2. The molecule has 1 aromatic rings. The van der Waals surface area contributed by atoms with E-state index < -0.39 is 0 Å². The van der Waals surface area contributed by atoms with Gasteiger partial charge in [0, 0.05) is 19.3 Å². The molecule has 0 bridgehead atoms. The Hall–Kier alpha value is -1.85. The van der Waals surface area contributed by atoms with Crippen LogP contribution in [0.5, 0.6) is 0 Å². The van der Waals surface area contributed by atoms with Crippen molar-refractivity contribution in [1.82, 2.24) is 9.97 Å². The number of hydrogen-bond acceptors (Lipinski definition) is 5. The molecule has 0 saturated carbocycles. The second kappa shape index (κ2) is 4.12. The highest BCUT2D eigenvalue weighted by molar-refractivity contribution is 6.01. The van der Waals surface area contributed by atoms with Crippen molar-refractivity contribution in [1.29, 1.82) is 0 Å². The van der Waals surface area contributed by atoms with Crippen molar-refractivity contribution in [2.24, 2.45) is 10.9 Å². The summed E-state index contributed by atoms with van der Waals surface area (Å²) >= 11 is 0. The van der Waals surface area contributed by atoms with Crippen LogP contribution in [0.3, 0.4) is 0 Å². The summed E-state index contributed by atoms with van der Waals surface area (Å²) in [5, 5.41) is 11.6. The molecule has 1 aromatic heterocycles. The van der Waals surface area contributed by atoms with E-state index in [1.54, 1.807) is 6.20 Å². The molecule has 1 fully saturated rings. The number of nitrogens with zero attached hydrogens (tertiary/aromatic N) is 4. The molecule has 0 aliphatic carbocycles. The predicted octanol–water partition coefficient (Wildman–Crippen LogP) is 0.171. The Morgan fingerprint density at radius 1 is 1.47 bits per heavy atom. The Kier molecular flexibility index (Phi) is 2.66. The summed E-state index contributed by atoms with van der Waals surface area (Å²) in [7, 11) is 0. The summed E-state index contributed by atoms with van der Waals surface area (Å²) in [5.74, 6) is 0.801. The third kappa shape index (κ3) is 1.83. The fraction of sp³-hybridized carbons (Fsp3) is 0.444. The SMILES string of the molecule is N/C(=N/O)c1cncnc1N1CCCC1. The van der Waals surface area contributed by atoms with E-state index in [-0.39, 0.29) is 5.84 Å². The molecule has 0 aromatic carbocycles. The molecule has 15 heavy (non-hydrogen) atoms. The molecule has 0 radical (unpaired) electrons. The van der Waals surface area contributed by atoms with Gasteiger partial charge in [0.25, 0.3) is 0 Å². The molecule has 0 spiro atoms. The summed E-state index contributed by atoms with van der Waals surface area (Å²) in [6.07, 6.45) is 5.34. The van der Waals surface area contributed by atoms with Gasteiger partial charge in [0.2, 0.25) is 0 Å². The van der Waals surface area contributed by atoms with Gasteiger partial charge < -0.3 is 15.8 Å². The topological polar surface area (TPSA) is 87.6 Å². The van der Waals surface area contributed by atoms with Crippen LogP contribution in [-0.2, 0) is 0 Å². The fourth-order valence-corrected chi connectivity index (χ4v) is 1.74. The minimum atomic E-state index is 0.0532. The number of rotatable bonds is 2. The smallest absolute Gasteiger partial charge is 0.175 e. The summed E-state index contributed by atoms with van der Waals surface area (Å²) in [5.41, 5.74) is 6.14. The van der Waals surface area contributed by atoms with Crippen LogP contribution in [0.1, 0.15) is 18.4 Å². The van der Waals surface area contributed by atoms with Crippen LogP contribution in [0.15, 0.2) is 17.7 Å². The molecule has 2 heterocycles. The number of hydrogen-bond donors (Lipinski definition) is 2. The largest absolute Gasteiger partial charge is 0.409 e. The van der Waals surface area contributed by atoms with E-state index in [0.717, 1.165) is 31.7 Å². The molecule has 1 saturated heterocycles. The molecule has 1 aliphatic rings. The standard InChI is InChI=1S/C9H13N5O/c10-8(13-15)7-5-11-6-12-9(7)14-3-1-2-4-14/h5-6,15H,1-4H2,(H2,10,13). The van der Waals surface area contributed by atoms with Crippen LogP contribution in [0.2, 0.25) is 0 Å². The van der Waals surface area contributed by atoms with Gasteiger partial charge in [0.05, 0.1) is 5.56 Å². The van der Waals surface area contributed by atoms with E-state index in [9.17, 15) is 0 Å². The van der Waals surface area contributed by atoms with E-state index in [1.807, 2.05) is 0 Å². The van der Waals surface area contributed by atoms with Crippen LogP contribution in [0.25, 0.3) is 0 Å². The van der Waals surface area contributed by atoms with Crippen molar-refractivity contribution >= 4 is 11.7 Å². The molecule has 6 heteroatoms. The monoisotopic (exact) mass is 207 g/mol. The number of nitrogens with two attached hydrogens (primary N) is 1. The summed E-state index contributed by atoms with van der Waals surface area (Å²) in [6, 6.07) is 0. The first kappa shape index (κ1) is 9.70. The highest BCUT2D eigenvalue weighted by Gasteiger charge is 2.18. The molecule has 2 rings (SSSR count). The van der Waals surface area contributed by atoms with Crippen molar-refractivity contribution in [3.63, 3.8) is 0 Å². The number of oxime groups is 1. The lowest BCUT2D eigenvalue weighted by molar-refractivity contribution is 0.318. The van der Waals surface area contributed by atoms with Crippen molar-refractivity contribution in [3.05, 3.63) is 18.1 Å². The molecule has 80 valence electrons. The Bertz CT molecular complexity index is 373. The molecule has 1 aliphatic heterocycles. The van der Waals surface area contributed by atoms with Crippen LogP contribution in [0.4, 0.5) is 5.82 Å². The maximum absolute atomic E-state index is 8.64. The molecule has 3 N–H and O–H groups in total. The van der Waals surface area contributed by atoms with Crippen molar-refractivity contribution in [2.75, 3.05) is 18.0 Å². The zero-order chi connectivity index (χ0) is 10.7. The van der Waals surface area contributed by atoms with E-state index >= 15 is 0 Å². The van der Waals surface area contributed by atoms with Crippen LogP contribution in [0, 0.1) is 0 Å². The van der Waals surface area contributed by atoms with E-state index in [1.165, 1.54) is 6.33 Å². The molecule has 0 unspecified atom stereocenters. The van der Waals surface area contributed by atoms with E-state index in [0.29, 0.717) is 5.56 Å². The van der Waals surface area contributed by atoms with Gasteiger partial charge in [-0.05, 0) is 12.8 Å². The normalized spacial score (nSPS) is 17.1. The maximum Gasteiger partial charge on any atom is 0.175 e. The molecule has 0 amide bonds. The summed E-state index contributed by atoms with van der Waals surface area (Å²) < 4.78 is 0. The van der Waals surface area contributed by atoms with Gasteiger partial charge in [-0.2, -0.15) is 0 Å². The van der Waals surface area contributed by atoms with Crippen LogP contribution < -0.4 is 10.6 Å². The fourth-order valence-electron chi connectivity index (χ4n) is 1.74. The van der Waals surface area contributed by atoms with E-state index in [2.05, 4.69) is 20.0 Å². The second-order valence-electron chi connectivity index (χ2n) is 3.44. The average molecular weight is 207 g/mol. The van der Waals surface area contributed by atoms with Crippen molar-refractivity contribution in [3.8, 4) is 0 Å². The minimum absolute atomic E-state index is 0.0532. The Morgan fingerprint density at radius 2 is 2.20 bits per heavy atom. The van der Waals surface area contributed by atoms with Gasteiger partial charge in [-0.25, -0.2) is 9.97 Å². The summed E-state index contributed by atoms with van der Waals surface area (Å²) in [6.45, 7) is 1.92. The lowest BCUT2D eigenvalue weighted by Gasteiger charge is -2.18. The number of anilines is 1. The third-order valence-electron chi connectivity index (χ3n) is 2.48. The first-order valence-electron chi connectivity index (χ1n) is 4.86. The Labute approximate surface area is 87.4 Å². The number of amidine groups is 1. The van der Waals surface area contributed by atoms with Crippen molar-refractivity contribution in [2.45, 2.75) is 12.8 Å². The molecule has 6 nitrogen and oxygen atoms in total. The Balaban J connectivity index is 2.37. The van der Waals surface area contributed by atoms with Gasteiger partial charge >= 0.3 is 0 Å². The van der Waals surface area contributed by atoms with Gasteiger partial charge in [-0.15, -0.1) is 0 Å². The lowest BCUT2D eigenvalue weighted by Crippen LogP contribution is -2.25. The maximum atomic E-state index is 8.64. The van der Waals surface area contributed by atoms with E-state index in [4.69, 9.17) is 10.9 Å². The first-order valence-corrected chi connectivity index (χ1v) is 4.86. The third-order valence-corrected chi connectivity index (χ3v) is 2.48. The molecule has 0 atom stereocenters.